The fourth-order valence-electron chi connectivity index (χ4n) is 14.3. The lowest BCUT2D eigenvalue weighted by Gasteiger charge is -2.50. The van der Waals surface area contributed by atoms with Crippen molar-refractivity contribution < 1.29 is 192 Å². The Hall–Kier alpha value is -2.76. The molecule has 22 N–H and O–H groups in total. The maximum atomic E-state index is 14.2. The molecule has 21 fully saturated rings. The summed E-state index contributed by atoms with van der Waals surface area (Å²) in [7, 11) is 7.12. The Morgan fingerprint density at radius 2 is 0.691 bits per heavy atom. The van der Waals surface area contributed by atoms with Crippen LogP contribution in [0.5, 0.6) is 0 Å². The molecule has 21 aliphatic heterocycles. The third kappa shape index (κ3) is 27.5. The van der Waals surface area contributed by atoms with E-state index in [0.717, 1.165) is 28.5 Å². The van der Waals surface area contributed by atoms with Gasteiger partial charge in [0.15, 0.2) is 44.0 Å². The molecular weight excluding hydrogens is 1760 g/mol. The smallest absolute Gasteiger partial charge is 0.238 e. The van der Waals surface area contributed by atoms with E-state index < -0.39 is 283 Å². The van der Waals surface area contributed by atoms with E-state index >= 15 is 0 Å². The molecule has 2 aromatic rings. The minimum absolute atomic E-state index is 0.0233. The number of nitrogens with zero attached hydrogens (tertiary/aromatic N) is 2. The number of nitrogens with one attached hydrogen (secondary N) is 3. The minimum atomic E-state index is -2.30. The second kappa shape index (κ2) is 50.8. The van der Waals surface area contributed by atoms with Crippen LogP contribution >= 0.6 is 66.7 Å². The average molecular weight is 1880 g/mol. The summed E-state index contributed by atoms with van der Waals surface area (Å²) in [6.07, 6.45) is -69.3. The van der Waals surface area contributed by atoms with E-state index in [0.29, 0.717) is 16.5 Å². The van der Waals surface area contributed by atoms with Crippen molar-refractivity contribution in [1.29, 1.82) is 0 Å². The number of thioether (sulfide) groups is 2. The summed E-state index contributed by atoms with van der Waals surface area (Å²) >= 11 is 1.96. The number of hydrogen-bond donors (Lipinski definition) is 22. The number of carbonyl (C=O) groups excluding carboxylic acids is 4. The van der Waals surface area contributed by atoms with Gasteiger partial charge in [-0.05, 0) is 59.8 Å². The number of aliphatic hydroxyl groups is 19. The Labute approximate surface area is 730 Å². The third-order valence-corrected chi connectivity index (χ3v) is 28.0. The van der Waals surface area contributed by atoms with Gasteiger partial charge in [0, 0.05) is 79.3 Å². The first-order valence-electron chi connectivity index (χ1n) is 39.8. The Bertz CT molecular complexity index is 3460. The quantitative estimate of drug-likeness (QED) is 0.0221. The fourth-order valence-corrected chi connectivity index (χ4v) is 20.3. The summed E-state index contributed by atoms with van der Waals surface area (Å²) in [6.45, 7) is -3.37. The largest absolute Gasteiger partial charge is 0.394 e. The number of Topliss-reactive ketones (excluding diaryl/α,β-unsaturated/α-hetero) is 2. The zero-order valence-electron chi connectivity index (χ0n) is 66.6. The maximum Gasteiger partial charge on any atom is 0.238 e. The molecule has 2 aromatic heterocycles. The topological polar surface area (TPSA) is 662 Å². The van der Waals surface area contributed by atoms with Gasteiger partial charge in [-0.1, -0.05) is 33.7 Å². The first-order valence-corrected chi connectivity index (χ1v) is 46.8. The van der Waals surface area contributed by atoms with E-state index in [9.17, 15) is 116 Å². The van der Waals surface area contributed by atoms with Gasteiger partial charge >= 0.3 is 0 Å². The summed E-state index contributed by atoms with van der Waals surface area (Å²) in [5, 5.41) is 231. The standard InChI is InChI=1S/C73H113N5O39S6/c1-31(84)9-15-102-17-18-103-16-10-33(85)21-32(65(100)77-13-19-120-122-42-7-3-5-11-75-42)27-118-29-40-63-49(91)56(98)72(109-40)114-61-38(25-82)105-69(52(94)45(61)87)113-60-37(24-81)108-71(55(97)48(60)90)117-64-41(30-119-28-34(74-2)66(101)78-14-20-121-123-43-8-4-6-12-76-43)110-73(57(99)50(64)92)115-62-39(26-83)106-68(53(95)46(62)88)111-58-35(22-79)104-67(51(93)44(58)86)112-59-36(23-80)107-70(116-63)54(96)47(59)89/h3-8,11-12,32,34-41,44-64,67-74,79-83,86-99H,9-10,13-30H2,1-2H3,(H,77,100)(H,78,101)/t32-,34-,35?,36?,37?,38?,39?,40?,41?,44-,45-,46-,47-,48-,49-,50-,51?,52?,53?,54?,55?,56?,57?,58-,59-,60-,61-,62-,63-,64-,67-,68-,69+,70+,71+,72-,73?/m1/s1. The predicted octanol–water partition coefficient (Wildman–Crippen LogP) is -9.28. The average Bonchev–Trinajstić information content (AvgIpc) is 0.886. The molecule has 123 heavy (non-hydrogen) atoms. The number of ketones is 2. The van der Waals surface area contributed by atoms with E-state index in [1.807, 2.05) is 18.2 Å². The van der Waals surface area contributed by atoms with Crippen LogP contribution in [-0.4, -0.2) is 465 Å². The van der Waals surface area contributed by atoms with Gasteiger partial charge in [-0.3, -0.25) is 19.2 Å². The van der Waals surface area contributed by atoms with Crippen LogP contribution in [0.15, 0.2) is 58.8 Å². The number of carbonyl (C=O) groups is 4. The summed E-state index contributed by atoms with van der Waals surface area (Å²) in [5.74, 6) is -2.59. The van der Waals surface area contributed by atoms with Gasteiger partial charge in [0.05, 0.1) is 83.6 Å². The molecule has 700 valence electrons. The molecule has 21 aliphatic rings. The third-order valence-electron chi connectivity index (χ3n) is 21.1. The number of pyridine rings is 2. The predicted molar refractivity (Wildman–Crippen MR) is 428 cm³/mol. The monoisotopic (exact) mass is 1880 g/mol. The van der Waals surface area contributed by atoms with Gasteiger partial charge in [-0.2, -0.15) is 23.5 Å². The zero-order valence-corrected chi connectivity index (χ0v) is 71.5. The van der Waals surface area contributed by atoms with Gasteiger partial charge < -0.3 is 189 Å². The van der Waals surface area contributed by atoms with Crippen LogP contribution in [-0.2, 0) is 95.0 Å². The highest BCUT2D eigenvalue weighted by atomic mass is 33.1. The molecule has 44 nitrogen and oxygen atoms in total. The number of likely N-dealkylation sites (N-methyl/N-ethyl adjacent to an activating group) is 1. The van der Waals surface area contributed by atoms with Crippen molar-refractivity contribution in [2.45, 2.75) is 257 Å². The summed E-state index contributed by atoms with van der Waals surface area (Å²) in [4.78, 5) is 61.3. The van der Waals surface area contributed by atoms with Crippen LogP contribution in [0.25, 0.3) is 0 Å². The van der Waals surface area contributed by atoms with Crippen molar-refractivity contribution in [2.24, 2.45) is 5.92 Å². The normalized spacial score (nSPS) is 39.4. The number of ether oxygens (including phenoxy) is 16. The second-order valence-corrected chi connectivity index (χ2v) is 36.8. The van der Waals surface area contributed by atoms with E-state index in [-0.39, 0.29) is 81.8 Å². The van der Waals surface area contributed by atoms with E-state index in [2.05, 4.69) is 25.9 Å². The minimum Gasteiger partial charge on any atom is -0.394 e. The second-order valence-electron chi connectivity index (χ2n) is 29.8. The van der Waals surface area contributed by atoms with Crippen LogP contribution < -0.4 is 16.0 Å². The highest BCUT2D eigenvalue weighted by molar-refractivity contribution is 8.77. The molecule has 15 unspecified atom stereocenters. The van der Waals surface area contributed by atoms with Crippen molar-refractivity contribution in [2.75, 3.05) is 114 Å². The first-order chi connectivity index (χ1) is 59.1. The molecular formula is C73H113N5O39S6. The van der Waals surface area contributed by atoms with E-state index in [1.54, 1.807) is 30.6 Å². The number of aliphatic hydroxyl groups excluding tert-OH is 19. The summed E-state index contributed by atoms with van der Waals surface area (Å²) in [6, 6.07) is 9.91. The molecule has 37 atom stereocenters. The molecule has 0 aliphatic carbocycles. The van der Waals surface area contributed by atoms with E-state index in [1.165, 1.54) is 57.1 Å². The summed E-state index contributed by atoms with van der Waals surface area (Å²) < 4.78 is 95.5. The van der Waals surface area contributed by atoms with Gasteiger partial charge in [0.1, 0.15) is 180 Å². The molecule has 23 heterocycles. The lowest BCUT2D eigenvalue weighted by molar-refractivity contribution is -0.395. The van der Waals surface area contributed by atoms with Gasteiger partial charge in [0.25, 0.3) is 0 Å². The molecule has 21 saturated heterocycles. The van der Waals surface area contributed by atoms with Crippen LogP contribution in [0.2, 0.25) is 0 Å². The Kier molecular flexibility index (Phi) is 42.2. The highest BCUT2D eigenvalue weighted by Gasteiger charge is 2.60. The number of aromatic nitrogens is 2. The van der Waals surface area contributed by atoms with Crippen molar-refractivity contribution >= 4 is 90.1 Å². The fraction of sp³-hybridized carbons (Fsp3) is 0.808. The Morgan fingerprint density at radius 3 is 0.992 bits per heavy atom. The van der Waals surface area contributed by atoms with Crippen molar-refractivity contribution in [1.82, 2.24) is 25.9 Å². The van der Waals surface area contributed by atoms with Gasteiger partial charge in [0.2, 0.25) is 11.8 Å². The number of amides is 2. The molecule has 0 spiro atoms. The Balaban J connectivity index is 0.912. The lowest BCUT2D eigenvalue weighted by atomic mass is 9.95. The number of hydrogen-bond acceptors (Lipinski definition) is 48. The van der Waals surface area contributed by atoms with Gasteiger partial charge in [-0.25, -0.2) is 9.97 Å². The molecule has 0 radical (unpaired) electrons. The van der Waals surface area contributed by atoms with Crippen molar-refractivity contribution in [3.05, 3.63) is 48.8 Å². The SMILES string of the molecule is CN[C@H](CSCC1OC2O[C@@H]3C(CO)O[C@H](O[C@@H]4C(CO)O[C@H](O[C@@H]5C(CO)O[C@@H](O[C@@H]6C(CSC[C@@H](CC(=O)CCOCCOCCC(C)=O)C(=O)NCCSSc7ccccn7)O[C@H](O[C@@H]7C(CO)O[C@@H](O[C@@H]8C(CO)O[C@@H](O[C@H]1[C@H](O)C2O)C(O)[C@H]8O)C(O)[C@H]7O)C(O)[C@H]6O)C(O)[C@H]5O)C(O)[C@H]4O)C(O)[C@H]3O)C(=O)NCCSSc1ccccn1. The molecule has 2 amide bonds. The molecule has 0 saturated carbocycles. The van der Waals surface area contributed by atoms with Gasteiger partial charge in [-0.15, -0.1) is 0 Å². The highest BCUT2D eigenvalue weighted by Crippen LogP contribution is 2.41. The molecule has 14 bridgehead atoms. The molecule has 0 aromatic carbocycles. The summed E-state index contributed by atoms with van der Waals surface area (Å²) in [5.41, 5.74) is 0. The molecule has 50 heteroatoms. The van der Waals surface area contributed by atoms with Crippen molar-refractivity contribution in [3.63, 3.8) is 0 Å². The van der Waals surface area contributed by atoms with Crippen LogP contribution in [0.4, 0.5) is 0 Å². The van der Waals surface area contributed by atoms with E-state index in [4.69, 9.17) is 75.8 Å². The zero-order chi connectivity index (χ0) is 88.7. The lowest BCUT2D eigenvalue weighted by Crippen LogP contribution is -2.68. The molecule has 23 rings (SSSR count). The van der Waals surface area contributed by atoms with Crippen LogP contribution in [0.1, 0.15) is 26.2 Å². The van der Waals surface area contributed by atoms with Crippen LogP contribution in [0.3, 0.4) is 0 Å². The van der Waals surface area contributed by atoms with Crippen LogP contribution in [0, 0.1) is 5.92 Å². The maximum absolute atomic E-state index is 14.2. The first kappa shape index (κ1) is 102. The van der Waals surface area contributed by atoms with Crippen molar-refractivity contribution in [3.8, 4) is 0 Å². The Morgan fingerprint density at radius 1 is 0.390 bits per heavy atom. The number of rotatable bonds is 37.